The number of hydrogen-bond acceptors (Lipinski definition) is 3. The highest BCUT2D eigenvalue weighted by molar-refractivity contribution is 5.50. The Kier molecular flexibility index (Phi) is 8.36. The first-order valence-corrected chi connectivity index (χ1v) is 15.7. The second kappa shape index (κ2) is 12.0. The van der Waals surface area contributed by atoms with Gasteiger partial charge in [0.25, 0.3) is 0 Å². The van der Waals surface area contributed by atoms with E-state index in [9.17, 15) is 17.6 Å². The first-order valence-electron chi connectivity index (χ1n) is 15.7. The van der Waals surface area contributed by atoms with E-state index >= 15 is 0 Å². The molecule has 42 heavy (non-hydrogen) atoms. The molecule has 3 aliphatic rings. The number of likely N-dealkylation sites (tertiary alicyclic amines) is 1. The molecule has 3 fully saturated rings. The molecule has 1 aliphatic carbocycles. The molecule has 1 aromatic heterocycles. The summed E-state index contributed by atoms with van der Waals surface area (Å²) in [4.78, 5) is 9.38. The Balaban J connectivity index is 1.15. The Labute approximate surface area is 246 Å². The molecule has 0 spiro atoms. The van der Waals surface area contributed by atoms with Crippen LogP contribution in [0.5, 0.6) is 0 Å². The minimum Gasteiger partial charge on any atom is -0.371 e. The fourth-order valence-corrected chi connectivity index (χ4v) is 8.21. The van der Waals surface area contributed by atoms with Crippen LogP contribution < -0.4 is 4.90 Å². The number of aromatic nitrogens is 2. The number of rotatable bonds is 9. The van der Waals surface area contributed by atoms with E-state index in [4.69, 9.17) is 0 Å². The lowest BCUT2D eigenvalue weighted by molar-refractivity contribution is -0.137. The molecule has 1 saturated carbocycles. The normalized spacial score (nSPS) is 21.0. The highest BCUT2D eigenvalue weighted by Crippen LogP contribution is 2.51. The van der Waals surface area contributed by atoms with Crippen molar-refractivity contribution < 1.29 is 17.6 Å². The van der Waals surface area contributed by atoms with Crippen molar-refractivity contribution in [2.75, 3.05) is 37.6 Å². The molecule has 0 N–H and O–H groups in total. The van der Waals surface area contributed by atoms with Gasteiger partial charge in [0.05, 0.1) is 5.56 Å². The number of hydrogen-bond donors (Lipinski definition) is 0. The van der Waals surface area contributed by atoms with Crippen molar-refractivity contribution >= 4 is 5.69 Å². The third-order valence-corrected chi connectivity index (χ3v) is 10.3. The third-order valence-electron chi connectivity index (χ3n) is 10.3. The summed E-state index contributed by atoms with van der Waals surface area (Å²) in [6, 6.07) is 12.9. The standard InChI is InChI=1S/C34H42F4N4/c1-2-32-39-16-19-41(32)24-33(26-6-3-4-7-26,29-8-5-9-30(35)20-29)27-14-17-40(18-15-27)21-25-22-42(23-25)31-12-10-28(11-13-31)34(36,37)38/h5,8-13,16,19-20,25-27H,2-4,6-7,14-15,17-18,21-24H2,1H3. The van der Waals surface area contributed by atoms with Gasteiger partial charge in [-0.25, -0.2) is 9.37 Å². The summed E-state index contributed by atoms with van der Waals surface area (Å²) >= 11 is 0. The minimum absolute atomic E-state index is 0.134. The zero-order valence-electron chi connectivity index (χ0n) is 24.5. The molecular formula is C34H42F4N4. The smallest absolute Gasteiger partial charge is 0.371 e. The highest BCUT2D eigenvalue weighted by atomic mass is 19.4. The maximum Gasteiger partial charge on any atom is 0.416 e. The predicted molar refractivity (Wildman–Crippen MR) is 158 cm³/mol. The highest BCUT2D eigenvalue weighted by Gasteiger charge is 2.49. The number of imidazole rings is 1. The molecule has 1 atom stereocenters. The summed E-state index contributed by atoms with van der Waals surface area (Å²) in [6.45, 7) is 7.81. The van der Waals surface area contributed by atoms with E-state index in [0.29, 0.717) is 17.8 Å². The van der Waals surface area contributed by atoms with Gasteiger partial charge >= 0.3 is 6.18 Å². The van der Waals surface area contributed by atoms with Crippen LogP contribution >= 0.6 is 0 Å². The van der Waals surface area contributed by atoms with Crippen LogP contribution in [0, 0.1) is 23.6 Å². The quantitative estimate of drug-likeness (QED) is 0.243. The third kappa shape index (κ3) is 5.84. The Bertz CT molecular complexity index is 1320. The van der Waals surface area contributed by atoms with Gasteiger partial charge in [0.2, 0.25) is 0 Å². The van der Waals surface area contributed by atoms with Gasteiger partial charge in [0, 0.05) is 62.0 Å². The maximum atomic E-state index is 14.8. The fraction of sp³-hybridized carbons (Fsp3) is 0.559. The Hall–Kier alpha value is -2.87. The van der Waals surface area contributed by atoms with Crippen LogP contribution in [-0.2, 0) is 24.6 Å². The maximum absolute atomic E-state index is 14.8. The van der Waals surface area contributed by atoms with Crippen molar-refractivity contribution in [2.45, 2.75) is 70.0 Å². The second-order valence-corrected chi connectivity index (χ2v) is 12.7. The number of alkyl halides is 3. The number of aryl methyl sites for hydroxylation is 1. The molecule has 0 amide bonds. The molecule has 2 aliphatic heterocycles. The predicted octanol–water partition coefficient (Wildman–Crippen LogP) is 7.58. The summed E-state index contributed by atoms with van der Waals surface area (Å²) in [5, 5.41) is 0. The lowest BCUT2D eigenvalue weighted by Crippen LogP contribution is -2.54. The van der Waals surface area contributed by atoms with Crippen molar-refractivity contribution in [2.24, 2.45) is 17.8 Å². The van der Waals surface area contributed by atoms with Crippen LogP contribution in [0.15, 0.2) is 60.9 Å². The van der Waals surface area contributed by atoms with E-state index in [0.717, 1.165) is 75.6 Å². The van der Waals surface area contributed by atoms with Crippen molar-refractivity contribution in [3.63, 3.8) is 0 Å². The van der Waals surface area contributed by atoms with Crippen LogP contribution in [0.3, 0.4) is 0 Å². The first kappa shape index (κ1) is 29.2. The van der Waals surface area contributed by atoms with Crippen molar-refractivity contribution in [1.82, 2.24) is 14.5 Å². The molecule has 226 valence electrons. The summed E-state index contributed by atoms with van der Waals surface area (Å²) < 4.78 is 55.9. The average molecular weight is 583 g/mol. The Morgan fingerprint density at radius 1 is 0.881 bits per heavy atom. The Morgan fingerprint density at radius 2 is 1.57 bits per heavy atom. The van der Waals surface area contributed by atoms with Gasteiger partial charge in [-0.1, -0.05) is 31.9 Å². The van der Waals surface area contributed by atoms with E-state index in [1.165, 1.54) is 37.8 Å². The number of piperidine rings is 1. The van der Waals surface area contributed by atoms with Crippen molar-refractivity contribution in [3.05, 3.63) is 83.7 Å². The van der Waals surface area contributed by atoms with Gasteiger partial charge in [0.15, 0.2) is 0 Å². The van der Waals surface area contributed by atoms with E-state index < -0.39 is 11.7 Å². The van der Waals surface area contributed by atoms with E-state index in [2.05, 4.69) is 38.5 Å². The minimum atomic E-state index is -4.30. The van der Waals surface area contributed by atoms with E-state index in [1.807, 2.05) is 12.3 Å². The van der Waals surface area contributed by atoms with Crippen LogP contribution in [0.4, 0.5) is 23.2 Å². The number of benzene rings is 2. The summed E-state index contributed by atoms with van der Waals surface area (Å²) in [5.41, 5.74) is 1.28. The molecule has 0 bridgehead atoms. The van der Waals surface area contributed by atoms with E-state index in [-0.39, 0.29) is 11.2 Å². The molecule has 3 aromatic rings. The van der Waals surface area contributed by atoms with E-state index in [1.54, 1.807) is 24.3 Å². The van der Waals surface area contributed by atoms with Gasteiger partial charge in [-0.15, -0.1) is 0 Å². The molecule has 2 aromatic carbocycles. The molecule has 0 radical (unpaired) electrons. The second-order valence-electron chi connectivity index (χ2n) is 12.7. The molecular weight excluding hydrogens is 540 g/mol. The lowest BCUT2D eigenvalue weighted by Gasteiger charge is -2.50. The first-order chi connectivity index (χ1) is 20.3. The van der Waals surface area contributed by atoms with Crippen molar-refractivity contribution in [3.8, 4) is 0 Å². The molecule has 2 saturated heterocycles. The lowest BCUT2D eigenvalue weighted by atomic mass is 9.59. The number of nitrogens with zero attached hydrogens (tertiary/aromatic N) is 4. The molecule has 6 rings (SSSR count). The van der Waals surface area contributed by atoms with Crippen LogP contribution in [-0.4, -0.2) is 47.2 Å². The summed E-state index contributed by atoms with van der Waals surface area (Å²) in [7, 11) is 0. The topological polar surface area (TPSA) is 24.3 Å². The molecule has 3 heterocycles. The average Bonchev–Trinajstić information content (AvgIpc) is 3.66. The number of anilines is 1. The van der Waals surface area contributed by atoms with Gasteiger partial charge in [-0.05, 0) is 92.6 Å². The largest absolute Gasteiger partial charge is 0.416 e. The van der Waals surface area contributed by atoms with Crippen molar-refractivity contribution in [1.29, 1.82) is 0 Å². The zero-order chi connectivity index (χ0) is 29.3. The van der Waals surface area contributed by atoms with Crippen LogP contribution in [0.1, 0.15) is 62.4 Å². The van der Waals surface area contributed by atoms with Gasteiger partial charge in [-0.2, -0.15) is 13.2 Å². The SMILES string of the molecule is CCc1nccn1CC(c1cccc(F)c1)(C1CCCC1)C1CCN(CC2CN(c3ccc(C(F)(F)F)cc3)C2)CC1. The monoisotopic (exact) mass is 582 g/mol. The number of halogens is 4. The molecule has 8 heteroatoms. The summed E-state index contributed by atoms with van der Waals surface area (Å²) in [6.07, 6.45) is 7.60. The van der Waals surface area contributed by atoms with Gasteiger partial charge in [-0.3, -0.25) is 0 Å². The van der Waals surface area contributed by atoms with Crippen LogP contribution in [0.2, 0.25) is 0 Å². The fourth-order valence-electron chi connectivity index (χ4n) is 8.21. The molecule has 1 unspecified atom stereocenters. The van der Waals surface area contributed by atoms with Gasteiger partial charge in [0.1, 0.15) is 11.6 Å². The molecule has 4 nitrogen and oxygen atoms in total. The Morgan fingerprint density at radius 3 is 2.21 bits per heavy atom. The van der Waals surface area contributed by atoms with Gasteiger partial charge < -0.3 is 14.4 Å². The van der Waals surface area contributed by atoms with Crippen LogP contribution in [0.25, 0.3) is 0 Å². The summed E-state index contributed by atoms with van der Waals surface area (Å²) in [5.74, 6) is 2.43. The zero-order valence-corrected chi connectivity index (χ0v) is 24.5.